The SMILES string of the molecule is CC(C)c1[nH]nc2cccc(CC(=O)O)c12. The van der Waals surface area contributed by atoms with E-state index >= 15 is 0 Å². The van der Waals surface area contributed by atoms with Crippen molar-refractivity contribution in [2.24, 2.45) is 0 Å². The number of nitrogens with zero attached hydrogens (tertiary/aromatic N) is 1. The average Bonchev–Trinajstić information content (AvgIpc) is 2.61. The maximum atomic E-state index is 10.8. The normalized spacial score (nSPS) is 11.2. The lowest BCUT2D eigenvalue weighted by molar-refractivity contribution is -0.136. The van der Waals surface area contributed by atoms with E-state index in [1.54, 1.807) is 0 Å². The van der Waals surface area contributed by atoms with Gasteiger partial charge in [0.1, 0.15) is 0 Å². The van der Waals surface area contributed by atoms with E-state index in [4.69, 9.17) is 5.11 Å². The third kappa shape index (κ3) is 1.78. The molecule has 0 fully saturated rings. The third-order valence-corrected chi connectivity index (χ3v) is 2.61. The number of benzene rings is 1. The molecule has 0 radical (unpaired) electrons. The molecule has 1 aromatic heterocycles. The van der Waals surface area contributed by atoms with Crippen LogP contribution >= 0.6 is 0 Å². The second-order valence-electron chi connectivity index (χ2n) is 4.17. The molecule has 0 atom stereocenters. The molecular formula is C12H14N2O2. The zero-order chi connectivity index (χ0) is 11.7. The zero-order valence-corrected chi connectivity index (χ0v) is 9.32. The molecule has 2 N–H and O–H groups in total. The van der Waals surface area contributed by atoms with Gasteiger partial charge in [-0.05, 0) is 17.5 Å². The van der Waals surface area contributed by atoms with Crippen molar-refractivity contribution in [1.82, 2.24) is 10.2 Å². The average molecular weight is 218 g/mol. The summed E-state index contributed by atoms with van der Waals surface area (Å²) in [6, 6.07) is 5.58. The Morgan fingerprint density at radius 2 is 2.25 bits per heavy atom. The van der Waals surface area contributed by atoms with Crippen LogP contribution in [0.15, 0.2) is 18.2 Å². The van der Waals surface area contributed by atoms with E-state index in [1.165, 1.54) is 0 Å². The fraction of sp³-hybridized carbons (Fsp3) is 0.333. The molecule has 1 aromatic carbocycles. The van der Waals surface area contributed by atoms with Crippen molar-refractivity contribution in [3.05, 3.63) is 29.5 Å². The highest BCUT2D eigenvalue weighted by Crippen LogP contribution is 2.26. The van der Waals surface area contributed by atoms with Gasteiger partial charge in [0.25, 0.3) is 0 Å². The topological polar surface area (TPSA) is 66.0 Å². The van der Waals surface area contributed by atoms with Crippen molar-refractivity contribution in [2.75, 3.05) is 0 Å². The van der Waals surface area contributed by atoms with E-state index in [0.29, 0.717) is 5.92 Å². The van der Waals surface area contributed by atoms with Crippen molar-refractivity contribution in [3.63, 3.8) is 0 Å². The molecule has 0 saturated carbocycles. The molecule has 0 aliphatic heterocycles. The molecule has 0 unspecified atom stereocenters. The van der Waals surface area contributed by atoms with Gasteiger partial charge in [-0.1, -0.05) is 26.0 Å². The molecule has 84 valence electrons. The molecule has 0 amide bonds. The molecule has 2 rings (SSSR count). The lowest BCUT2D eigenvalue weighted by Gasteiger charge is -2.05. The van der Waals surface area contributed by atoms with Gasteiger partial charge in [0.05, 0.1) is 11.9 Å². The maximum Gasteiger partial charge on any atom is 0.307 e. The molecule has 0 aliphatic carbocycles. The molecule has 4 heteroatoms. The standard InChI is InChI=1S/C12H14N2O2/c1-7(2)12-11-8(6-10(15)16)4-3-5-9(11)13-14-12/h3-5,7H,6H2,1-2H3,(H,13,14)(H,15,16). The summed E-state index contributed by atoms with van der Waals surface area (Å²) in [5.74, 6) is -0.511. The number of hydrogen-bond donors (Lipinski definition) is 2. The van der Waals surface area contributed by atoms with E-state index in [1.807, 2.05) is 18.2 Å². The Hall–Kier alpha value is -1.84. The van der Waals surface area contributed by atoms with E-state index < -0.39 is 5.97 Å². The first-order chi connectivity index (χ1) is 7.59. The Bertz CT molecular complexity index is 529. The highest BCUT2D eigenvalue weighted by molar-refractivity contribution is 5.88. The van der Waals surface area contributed by atoms with Gasteiger partial charge in [0.2, 0.25) is 0 Å². The van der Waals surface area contributed by atoms with Gasteiger partial charge in [-0.2, -0.15) is 5.10 Å². The van der Waals surface area contributed by atoms with Crippen molar-refractivity contribution in [2.45, 2.75) is 26.2 Å². The summed E-state index contributed by atoms with van der Waals surface area (Å²) in [6.07, 6.45) is 0.0383. The molecule has 16 heavy (non-hydrogen) atoms. The van der Waals surface area contributed by atoms with E-state index in [0.717, 1.165) is 22.2 Å². The minimum Gasteiger partial charge on any atom is -0.481 e. The number of carboxylic acid groups (broad SMARTS) is 1. The van der Waals surface area contributed by atoms with Crippen LogP contribution < -0.4 is 0 Å². The molecule has 0 saturated heterocycles. The number of aliphatic carboxylic acids is 1. The Kier molecular flexibility index (Phi) is 2.64. The van der Waals surface area contributed by atoms with Gasteiger partial charge in [0.15, 0.2) is 0 Å². The number of rotatable bonds is 3. The molecule has 4 nitrogen and oxygen atoms in total. The quantitative estimate of drug-likeness (QED) is 0.830. The Labute approximate surface area is 93.3 Å². The molecular weight excluding hydrogens is 204 g/mol. The Morgan fingerprint density at radius 3 is 2.88 bits per heavy atom. The number of hydrogen-bond acceptors (Lipinski definition) is 2. The lowest BCUT2D eigenvalue weighted by Crippen LogP contribution is -2.01. The monoisotopic (exact) mass is 218 g/mol. The summed E-state index contributed by atoms with van der Waals surface area (Å²) >= 11 is 0. The van der Waals surface area contributed by atoms with E-state index in [2.05, 4.69) is 24.0 Å². The first-order valence-corrected chi connectivity index (χ1v) is 5.27. The van der Waals surface area contributed by atoms with E-state index in [9.17, 15) is 4.79 Å². The minimum absolute atomic E-state index is 0.0383. The zero-order valence-electron chi connectivity index (χ0n) is 9.32. The molecule has 0 bridgehead atoms. The first-order valence-electron chi connectivity index (χ1n) is 5.27. The van der Waals surface area contributed by atoms with Crippen LogP contribution in [0.25, 0.3) is 10.9 Å². The predicted octanol–water partition coefficient (Wildman–Crippen LogP) is 2.31. The number of aromatic amines is 1. The second kappa shape index (κ2) is 3.96. The summed E-state index contributed by atoms with van der Waals surface area (Å²) in [6.45, 7) is 4.12. The van der Waals surface area contributed by atoms with Crippen LogP contribution in [0.5, 0.6) is 0 Å². The molecule has 1 heterocycles. The third-order valence-electron chi connectivity index (χ3n) is 2.61. The van der Waals surface area contributed by atoms with Gasteiger partial charge < -0.3 is 5.11 Å². The number of carbonyl (C=O) groups is 1. The van der Waals surface area contributed by atoms with Crippen LogP contribution in [0, 0.1) is 0 Å². The van der Waals surface area contributed by atoms with Crippen LogP contribution in [0.4, 0.5) is 0 Å². The highest BCUT2D eigenvalue weighted by Gasteiger charge is 2.13. The fourth-order valence-electron chi connectivity index (χ4n) is 1.90. The number of H-pyrrole nitrogens is 1. The van der Waals surface area contributed by atoms with Gasteiger partial charge in [-0.25, -0.2) is 0 Å². The number of nitrogens with one attached hydrogen (secondary N) is 1. The van der Waals surface area contributed by atoms with Gasteiger partial charge in [-0.15, -0.1) is 0 Å². The molecule has 2 aromatic rings. The minimum atomic E-state index is -0.816. The lowest BCUT2D eigenvalue weighted by atomic mass is 10.00. The maximum absolute atomic E-state index is 10.8. The van der Waals surface area contributed by atoms with Crippen LogP contribution in [-0.2, 0) is 11.2 Å². The number of fused-ring (bicyclic) bond motifs is 1. The van der Waals surface area contributed by atoms with E-state index in [-0.39, 0.29) is 6.42 Å². The number of carboxylic acids is 1. The molecule has 0 spiro atoms. The summed E-state index contributed by atoms with van der Waals surface area (Å²) in [7, 11) is 0. The summed E-state index contributed by atoms with van der Waals surface area (Å²) in [5, 5.41) is 17.0. The fourth-order valence-corrected chi connectivity index (χ4v) is 1.90. The van der Waals surface area contributed by atoms with Crippen LogP contribution in [0.1, 0.15) is 31.0 Å². The van der Waals surface area contributed by atoms with Crippen LogP contribution in [-0.4, -0.2) is 21.3 Å². The first kappa shape index (κ1) is 10.7. The Morgan fingerprint density at radius 1 is 1.50 bits per heavy atom. The second-order valence-corrected chi connectivity index (χ2v) is 4.17. The molecule has 0 aliphatic rings. The van der Waals surface area contributed by atoms with Crippen molar-refractivity contribution in [1.29, 1.82) is 0 Å². The van der Waals surface area contributed by atoms with Crippen molar-refractivity contribution in [3.8, 4) is 0 Å². The summed E-state index contributed by atoms with van der Waals surface area (Å²) < 4.78 is 0. The summed E-state index contributed by atoms with van der Waals surface area (Å²) in [4.78, 5) is 10.8. The van der Waals surface area contributed by atoms with Crippen molar-refractivity contribution < 1.29 is 9.90 Å². The van der Waals surface area contributed by atoms with Gasteiger partial charge >= 0.3 is 5.97 Å². The van der Waals surface area contributed by atoms with Crippen molar-refractivity contribution >= 4 is 16.9 Å². The van der Waals surface area contributed by atoms with Gasteiger partial charge in [0, 0.05) is 11.1 Å². The smallest absolute Gasteiger partial charge is 0.307 e. The largest absolute Gasteiger partial charge is 0.481 e. The Balaban J connectivity index is 2.63. The predicted molar refractivity (Wildman–Crippen MR) is 61.5 cm³/mol. The highest BCUT2D eigenvalue weighted by atomic mass is 16.4. The van der Waals surface area contributed by atoms with Gasteiger partial charge in [-0.3, -0.25) is 9.89 Å². The number of aromatic nitrogens is 2. The van der Waals surface area contributed by atoms with Crippen LogP contribution in [0.2, 0.25) is 0 Å². The van der Waals surface area contributed by atoms with Crippen LogP contribution in [0.3, 0.4) is 0 Å². The summed E-state index contributed by atoms with van der Waals surface area (Å²) in [5.41, 5.74) is 2.66.